The quantitative estimate of drug-likeness (QED) is 0.535. The molecule has 110 valence electrons. The Morgan fingerprint density at radius 1 is 1.09 bits per heavy atom. The number of thioether (sulfide) groups is 1. The first-order valence-electron chi connectivity index (χ1n) is 6.43. The second-order valence-electron chi connectivity index (χ2n) is 4.45. The molecule has 0 bridgehead atoms. The fourth-order valence-corrected chi connectivity index (χ4v) is 3.00. The highest BCUT2D eigenvalue weighted by atomic mass is 79.9. The van der Waals surface area contributed by atoms with Gasteiger partial charge in [-0.1, -0.05) is 23.9 Å². The molecular formula is C14H9BrN4O2S. The minimum atomic E-state index is 0.367. The molecule has 0 saturated carbocycles. The van der Waals surface area contributed by atoms with Crippen molar-refractivity contribution in [2.24, 2.45) is 0 Å². The number of H-pyrrole nitrogens is 1. The van der Waals surface area contributed by atoms with E-state index < -0.39 is 0 Å². The van der Waals surface area contributed by atoms with Gasteiger partial charge in [-0.3, -0.25) is 0 Å². The van der Waals surface area contributed by atoms with Gasteiger partial charge in [0.15, 0.2) is 15.6 Å². The average Bonchev–Trinajstić information content (AvgIpc) is 3.23. The summed E-state index contributed by atoms with van der Waals surface area (Å²) in [5.74, 6) is 1.97. The molecule has 0 unspecified atom stereocenters. The summed E-state index contributed by atoms with van der Waals surface area (Å²) in [7, 11) is 0. The van der Waals surface area contributed by atoms with Gasteiger partial charge in [0, 0.05) is 0 Å². The number of rotatable bonds is 4. The summed E-state index contributed by atoms with van der Waals surface area (Å²) in [5, 5.41) is 8.82. The van der Waals surface area contributed by atoms with Gasteiger partial charge in [0.1, 0.15) is 0 Å². The first-order chi connectivity index (χ1) is 10.8. The van der Waals surface area contributed by atoms with Crippen LogP contribution in [0.3, 0.4) is 0 Å². The highest BCUT2D eigenvalue weighted by Gasteiger charge is 2.13. The van der Waals surface area contributed by atoms with Crippen LogP contribution < -0.4 is 0 Å². The molecule has 3 heterocycles. The highest BCUT2D eigenvalue weighted by Crippen LogP contribution is 2.26. The van der Waals surface area contributed by atoms with Crippen molar-refractivity contribution in [1.29, 1.82) is 0 Å². The van der Waals surface area contributed by atoms with E-state index >= 15 is 0 Å². The lowest BCUT2D eigenvalue weighted by atomic mass is 10.3. The molecule has 3 aromatic heterocycles. The second kappa shape index (κ2) is 5.62. The van der Waals surface area contributed by atoms with Crippen LogP contribution in [0.5, 0.6) is 0 Å². The van der Waals surface area contributed by atoms with Crippen molar-refractivity contribution in [3.05, 3.63) is 47.0 Å². The van der Waals surface area contributed by atoms with Crippen LogP contribution in [0.25, 0.3) is 22.7 Å². The molecule has 0 atom stereocenters. The average molecular weight is 377 g/mol. The maximum absolute atomic E-state index is 5.58. The summed E-state index contributed by atoms with van der Waals surface area (Å²) < 4.78 is 11.6. The topological polar surface area (TPSA) is 80.7 Å². The van der Waals surface area contributed by atoms with Crippen LogP contribution in [0, 0.1) is 0 Å². The van der Waals surface area contributed by atoms with Gasteiger partial charge >= 0.3 is 0 Å². The van der Waals surface area contributed by atoms with Gasteiger partial charge in [-0.05, 0) is 40.2 Å². The van der Waals surface area contributed by atoms with Crippen molar-refractivity contribution in [3.63, 3.8) is 0 Å². The summed E-state index contributed by atoms with van der Waals surface area (Å²) in [5.41, 5.74) is 1.95. The van der Waals surface area contributed by atoms with Gasteiger partial charge < -0.3 is 13.8 Å². The number of nitrogens with one attached hydrogen (secondary N) is 1. The molecule has 0 saturated heterocycles. The van der Waals surface area contributed by atoms with E-state index in [0.717, 1.165) is 16.2 Å². The number of para-hydroxylation sites is 2. The Labute approximate surface area is 137 Å². The zero-order chi connectivity index (χ0) is 14.9. The van der Waals surface area contributed by atoms with Crippen molar-refractivity contribution in [1.82, 2.24) is 20.2 Å². The number of benzene rings is 1. The zero-order valence-electron chi connectivity index (χ0n) is 11.1. The third-order valence-corrected chi connectivity index (χ3v) is 4.24. The van der Waals surface area contributed by atoms with E-state index in [1.807, 2.05) is 24.3 Å². The summed E-state index contributed by atoms with van der Waals surface area (Å²) in [6.45, 7) is 0. The van der Waals surface area contributed by atoms with Crippen LogP contribution in [-0.2, 0) is 5.75 Å². The number of halogens is 1. The van der Waals surface area contributed by atoms with Gasteiger partial charge in [-0.15, -0.1) is 10.2 Å². The first kappa shape index (κ1) is 13.6. The molecule has 4 aromatic rings. The van der Waals surface area contributed by atoms with E-state index in [4.69, 9.17) is 8.83 Å². The Morgan fingerprint density at radius 3 is 2.82 bits per heavy atom. The van der Waals surface area contributed by atoms with E-state index in [9.17, 15) is 0 Å². The fourth-order valence-electron chi connectivity index (χ4n) is 1.97. The summed E-state index contributed by atoms with van der Waals surface area (Å²) in [4.78, 5) is 7.73. The second-order valence-corrected chi connectivity index (χ2v) is 6.20. The highest BCUT2D eigenvalue weighted by molar-refractivity contribution is 9.10. The molecule has 8 heteroatoms. The third kappa shape index (κ3) is 2.67. The van der Waals surface area contributed by atoms with Crippen LogP contribution in [0.2, 0.25) is 0 Å². The van der Waals surface area contributed by atoms with E-state index in [2.05, 4.69) is 36.1 Å². The maximum Gasteiger partial charge on any atom is 0.283 e. The SMILES string of the molecule is Brc1ccc(-c2nnc(CSc3nc4ccccc4[nH]3)o2)o1. The fraction of sp³-hybridized carbons (Fsp3) is 0.0714. The normalized spacial score (nSPS) is 11.3. The number of hydrogen-bond acceptors (Lipinski definition) is 6. The maximum atomic E-state index is 5.58. The Kier molecular flexibility index (Phi) is 3.47. The molecule has 1 N–H and O–H groups in total. The first-order valence-corrected chi connectivity index (χ1v) is 8.21. The molecule has 1 aromatic carbocycles. The predicted octanol–water partition coefficient (Wildman–Crippen LogP) is 4.26. The number of furan rings is 1. The van der Waals surface area contributed by atoms with E-state index in [1.54, 1.807) is 12.1 Å². The molecule has 0 aliphatic heterocycles. The summed E-state index contributed by atoms with van der Waals surface area (Å²) in [6, 6.07) is 11.4. The number of fused-ring (bicyclic) bond motifs is 1. The molecule has 6 nitrogen and oxygen atoms in total. The van der Waals surface area contributed by atoms with Crippen molar-refractivity contribution < 1.29 is 8.83 Å². The zero-order valence-corrected chi connectivity index (χ0v) is 13.5. The number of aromatic nitrogens is 4. The van der Waals surface area contributed by atoms with Crippen LogP contribution >= 0.6 is 27.7 Å². The summed E-state index contributed by atoms with van der Waals surface area (Å²) >= 11 is 4.75. The van der Waals surface area contributed by atoms with Gasteiger partial charge in [-0.2, -0.15) is 0 Å². The molecule has 0 fully saturated rings. The lowest BCUT2D eigenvalue weighted by molar-refractivity contribution is 0.486. The number of imidazole rings is 1. The molecule has 0 aliphatic carbocycles. The lowest BCUT2D eigenvalue weighted by Crippen LogP contribution is -1.81. The number of aromatic amines is 1. The molecule has 0 aliphatic rings. The van der Waals surface area contributed by atoms with Crippen molar-refractivity contribution in [3.8, 4) is 11.7 Å². The molecule has 4 rings (SSSR count). The van der Waals surface area contributed by atoms with Gasteiger partial charge in [0.2, 0.25) is 5.89 Å². The van der Waals surface area contributed by atoms with E-state index in [0.29, 0.717) is 28.0 Å². The van der Waals surface area contributed by atoms with E-state index in [-0.39, 0.29) is 0 Å². The largest absolute Gasteiger partial charge is 0.444 e. The van der Waals surface area contributed by atoms with Crippen LogP contribution in [0.15, 0.2) is 55.1 Å². The Morgan fingerprint density at radius 2 is 2.00 bits per heavy atom. The number of hydrogen-bond donors (Lipinski definition) is 1. The minimum Gasteiger partial charge on any atom is -0.444 e. The van der Waals surface area contributed by atoms with Gasteiger partial charge in [0.25, 0.3) is 5.89 Å². The van der Waals surface area contributed by atoms with E-state index in [1.165, 1.54) is 11.8 Å². The molecule has 0 radical (unpaired) electrons. The molecular weight excluding hydrogens is 368 g/mol. The third-order valence-electron chi connectivity index (χ3n) is 2.95. The van der Waals surface area contributed by atoms with Crippen LogP contribution in [0.4, 0.5) is 0 Å². The van der Waals surface area contributed by atoms with Crippen molar-refractivity contribution >= 4 is 38.7 Å². The molecule has 22 heavy (non-hydrogen) atoms. The summed E-state index contributed by atoms with van der Waals surface area (Å²) in [6.07, 6.45) is 0. The predicted molar refractivity (Wildman–Crippen MR) is 85.4 cm³/mol. The Bertz CT molecular complexity index is 897. The van der Waals surface area contributed by atoms with Gasteiger partial charge in [-0.25, -0.2) is 4.98 Å². The van der Waals surface area contributed by atoms with Crippen molar-refractivity contribution in [2.45, 2.75) is 10.9 Å². The lowest BCUT2D eigenvalue weighted by Gasteiger charge is -1.91. The number of nitrogens with zero attached hydrogens (tertiary/aromatic N) is 3. The monoisotopic (exact) mass is 376 g/mol. The molecule has 0 spiro atoms. The minimum absolute atomic E-state index is 0.367. The Hall–Kier alpha value is -2.06. The van der Waals surface area contributed by atoms with Crippen LogP contribution in [0.1, 0.15) is 5.89 Å². The smallest absolute Gasteiger partial charge is 0.283 e. The van der Waals surface area contributed by atoms with Crippen LogP contribution in [-0.4, -0.2) is 20.2 Å². The molecule has 0 amide bonds. The van der Waals surface area contributed by atoms with Gasteiger partial charge in [0.05, 0.1) is 16.8 Å². The van der Waals surface area contributed by atoms with Crippen molar-refractivity contribution in [2.75, 3.05) is 0 Å². The standard InChI is InChI=1S/C14H9BrN4O2S/c15-11-6-5-10(20-11)13-19-18-12(21-13)7-22-14-16-8-3-1-2-4-9(8)17-14/h1-6H,7H2,(H,16,17). The Balaban J connectivity index is 1.48.